The van der Waals surface area contributed by atoms with Crippen LogP contribution in [-0.2, 0) is 4.74 Å². The van der Waals surface area contributed by atoms with E-state index in [0.29, 0.717) is 29.7 Å². The van der Waals surface area contributed by atoms with Gasteiger partial charge in [-0.15, -0.1) is 0 Å². The molecule has 1 atom stereocenters. The third kappa shape index (κ3) is 2.84. The number of pyridine rings is 1. The fraction of sp³-hybridized carbons (Fsp3) is 0.350. The summed E-state index contributed by atoms with van der Waals surface area (Å²) in [4.78, 5) is 15.8. The lowest BCUT2D eigenvalue weighted by Gasteiger charge is -2.41. The minimum atomic E-state index is 0.235. The second kappa shape index (κ2) is 6.66. The first kappa shape index (κ1) is 17.5. The largest absolute Gasteiger partial charge is 0.508 e. The SMILES string of the molecule is COC[C@H]1CCN1c1cc2c(N)ncnc2c(-c2c(C)ccc(O)c2C)n1. The third-order valence-corrected chi connectivity index (χ3v) is 5.32. The molecule has 0 amide bonds. The van der Waals surface area contributed by atoms with Crippen LogP contribution in [0.15, 0.2) is 24.5 Å². The molecule has 3 heterocycles. The Bertz CT molecular complexity index is 1020. The number of hydrogen-bond acceptors (Lipinski definition) is 7. The van der Waals surface area contributed by atoms with Crippen molar-refractivity contribution in [3.05, 3.63) is 35.7 Å². The number of fused-ring (bicyclic) bond motifs is 1. The van der Waals surface area contributed by atoms with Crippen LogP contribution >= 0.6 is 0 Å². The van der Waals surface area contributed by atoms with Gasteiger partial charge in [-0.2, -0.15) is 0 Å². The van der Waals surface area contributed by atoms with Crippen LogP contribution in [0, 0.1) is 13.8 Å². The highest BCUT2D eigenvalue weighted by atomic mass is 16.5. The second-order valence-electron chi connectivity index (χ2n) is 6.98. The number of nitrogens with zero attached hydrogens (tertiary/aromatic N) is 4. The van der Waals surface area contributed by atoms with Gasteiger partial charge >= 0.3 is 0 Å². The number of aromatic nitrogens is 3. The lowest BCUT2D eigenvalue weighted by Crippen LogP contribution is -2.50. The van der Waals surface area contributed by atoms with E-state index < -0.39 is 0 Å². The Labute approximate surface area is 157 Å². The Morgan fingerprint density at radius 1 is 1.30 bits per heavy atom. The van der Waals surface area contributed by atoms with E-state index >= 15 is 0 Å². The van der Waals surface area contributed by atoms with Crippen LogP contribution < -0.4 is 10.6 Å². The van der Waals surface area contributed by atoms with Crippen molar-refractivity contribution < 1.29 is 9.84 Å². The topological polar surface area (TPSA) is 97.4 Å². The van der Waals surface area contributed by atoms with Crippen LogP contribution in [0.5, 0.6) is 5.75 Å². The number of nitrogens with two attached hydrogens (primary N) is 1. The van der Waals surface area contributed by atoms with Crippen molar-refractivity contribution in [2.24, 2.45) is 0 Å². The Morgan fingerprint density at radius 3 is 2.81 bits per heavy atom. The van der Waals surface area contributed by atoms with Crippen molar-refractivity contribution in [1.29, 1.82) is 0 Å². The number of phenolic OH excluding ortho intramolecular Hbond substituents is 1. The number of hydrogen-bond donors (Lipinski definition) is 2. The fourth-order valence-electron chi connectivity index (χ4n) is 3.70. The maximum absolute atomic E-state index is 10.2. The Hall–Kier alpha value is -2.93. The summed E-state index contributed by atoms with van der Waals surface area (Å²) in [6.07, 6.45) is 2.52. The second-order valence-corrected chi connectivity index (χ2v) is 6.98. The number of anilines is 2. The molecular formula is C20H23N5O2. The molecule has 7 heteroatoms. The molecule has 0 spiro atoms. The predicted octanol–water partition coefficient (Wildman–Crippen LogP) is 2.82. The molecule has 1 aliphatic heterocycles. The molecule has 1 saturated heterocycles. The number of methoxy groups -OCH3 is 1. The highest BCUT2D eigenvalue weighted by molar-refractivity contribution is 5.99. The average molecular weight is 365 g/mol. The molecule has 7 nitrogen and oxygen atoms in total. The van der Waals surface area contributed by atoms with Gasteiger partial charge in [0.1, 0.15) is 29.2 Å². The lowest BCUT2D eigenvalue weighted by molar-refractivity contribution is 0.156. The molecule has 0 saturated carbocycles. The molecule has 0 radical (unpaired) electrons. The van der Waals surface area contributed by atoms with Gasteiger partial charge in [0.25, 0.3) is 0 Å². The highest BCUT2D eigenvalue weighted by Crippen LogP contribution is 2.38. The summed E-state index contributed by atoms with van der Waals surface area (Å²) >= 11 is 0. The molecule has 0 bridgehead atoms. The van der Waals surface area contributed by atoms with E-state index in [1.807, 2.05) is 26.0 Å². The van der Waals surface area contributed by atoms with Crippen molar-refractivity contribution in [1.82, 2.24) is 15.0 Å². The molecule has 2 aromatic heterocycles. The zero-order valence-corrected chi connectivity index (χ0v) is 15.7. The standard InChI is InChI=1S/C20H23N5O2/c1-11-4-5-15(26)12(2)17(11)19-18-14(20(21)23-10-22-18)8-16(24-19)25-7-6-13(25)9-27-3/h4-5,8,10,13,26H,6-7,9H2,1-3H3,(H2,21,22,23)/t13-/m1/s1. The summed E-state index contributed by atoms with van der Waals surface area (Å²) in [5.74, 6) is 1.48. The van der Waals surface area contributed by atoms with E-state index in [4.69, 9.17) is 15.5 Å². The summed E-state index contributed by atoms with van der Waals surface area (Å²) in [7, 11) is 1.71. The van der Waals surface area contributed by atoms with Gasteiger partial charge < -0.3 is 20.5 Å². The first-order chi connectivity index (χ1) is 13.0. The summed E-state index contributed by atoms with van der Waals surface area (Å²) < 4.78 is 5.33. The summed E-state index contributed by atoms with van der Waals surface area (Å²) in [5, 5.41) is 11.0. The quantitative estimate of drug-likeness (QED) is 0.733. The van der Waals surface area contributed by atoms with Gasteiger partial charge in [-0.05, 0) is 38.0 Å². The van der Waals surface area contributed by atoms with Crippen LogP contribution in [-0.4, -0.2) is 46.4 Å². The van der Waals surface area contributed by atoms with Gasteiger partial charge in [-0.1, -0.05) is 6.07 Å². The molecule has 4 rings (SSSR count). The number of benzene rings is 1. The summed E-state index contributed by atoms with van der Waals surface area (Å²) in [5.41, 5.74) is 10.2. The van der Waals surface area contributed by atoms with Crippen molar-refractivity contribution in [3.63, 3.8) is 0 Å². The molecule has 1 aromatic carbocycles. The monoisotopic (exact) mass is 365 g/mol. The van der Waals surface area contributed by atoms with Crippen molar-refractivity contribution in [2.75, 3.05) is 30.9 Å². The van der Waals surface area contributed by atoms with Crippen LogP contribution in [0.3, 0.4) is 0 Å². The summed E-state index contributed by atoms with van der Waals surface area (Å²) in [6.45, 7) is 5.46. The molecule has 1 aliphatic rings. The third-order valence-electron chi connectivity index (χ3n) is 5.32. The zero-order chi connectivity index (χ0) is 19.1. The average Bonchev–Trinajstić information content (AvgIpc) is 2.63. The first-order valence-corrected chi connectivity index (χ1v) is 8.97. The number of rotatable bonds is 4. The normalized spacial score (nSPS) is 16.6. The molecule has 1 fully saturated rings. The van der Waals surface area contributed by atoms with E-state index in [2.05, 4.69) is 14.9 Å². The lowest BCUT2D eigenvalue weighted by atomic mass is 9.96. The minimum absolute atomic E-state index is 0.235. The molecular weight excluding hydrogens is 342 g/mol. The van der Waals surface area contributed by atoms with Gasteiger partial charge in [0.05, 0.1) is 18.3 Å². The number of nitrogen functional groups attached to an aromatic ring is 1. The zero-order valence-electron chi connectivity index (χ0n) is 15.7. The van der Waals surface area contributed by atoms with E-state index in [9.17, 15) is 5.11 Å². The van der Waals surface area contributed by atoms with Crippen molar-refractivity contribution in [3.8, 4) is 17.0 Å². The van der Waals surface area contributed by atoms with Crippen LogP contribution in [0.2, 0.25) is 0 Å². The maximum Gasteiger partial charge on any atom is 0.134 e. The van der Waals surface area contributed by atoms with Crippen molar-refractivity contribution >= 4 is 22.5 Å². The molecule has 27 heavy (non-hydrogen) atoms. The molecule has 140 valence electrons. The van der Waals surface area contributed by atoms with Crippen LogP contribution in [0.25, 0.3) is 22.2 Å². The maximum atomic E-state index is 10.2. The van der Waals surface area contributed by atoms with E-state index in [1.54, 1.807) is 13.2 Å². The van der Waals surface area contributed by atoms with Gasteiger partial charge in [-0.25, -0.2) is 15.0 Å². The van der Waals surface area contributed by atoms with Crippen LogP contribution in [0.1, 0.15) is 17.5 Å². The van der Waals surface area contributed by atoms with Gasteiger partial charge in [-0.3, -0.25) is 0 Å². The van der Waals surface area contributed by atoms with E-state index in [0.717, 1.165) is 40.9 Å². The minimum Gasteiger partial charge on any atom is -0.508 e. The van der Waals surface area contributed by atoms with E-state index in [-0.39, 0.29) is 5.75 Å². The molecule has 3 aromatic rings. The summed E-state index contributed by atoms with van der Waals surface area (Å²) in [6, 6.07) is 5.83. The number of ether oxygens (including phenoxy) is 1. The fourth-order valence-corrected chi connectivity index (χ4v) is 3.70. The number of aromatic hydroxyl groups is 1. The van der Waals surface area contributed by atoms with Gasteiger partial charge in [0.15, 0.2) is 0 Å². The number of aryl methyl sites for hydroxylation is 1. The highest BCUT2D eigenvalue weighted by Gasteiger charge is 2.30. The van der Waals surface area contributed by atoms with E-state index in [1.165, 1.54) is 6.33 Å². The molecule has 3 N–H and O–H groups in total. The molecule has 0 aliphatic carbocycles. The Kier molecular flexibility index (Phi) is 4.31. The van der Waals surface area contributed by atoms with Crippen LogP contribution in [0.4, 0.5) is 11.6 Å². The Morgan fingerprint density at radius 2 is 2.11 bits per heavy atom. The van der Waals surface area contributed by atoms with Gasteiger partial charge in [0.2, 0.25) is 0 Å². The predicted molar refractivity (Wildman–Crippen MR) is 106 cm³/mol. The first-order valence-electron chi connectivity index (χ1n) is 8.97. The Balaban J connectivity index is 1.98. The van der Waals surface area contributed by atoms with Gasteiger partial charge in [0, 0.05) is 30.2 Å². The van der Waals surface area contributed by atoms with Crippen molar-refractivity contribution in [2.45, 2.75) is 26.3 Å². The number of phenols is 1. The smallest absolute Gasteiger partial charge is 0.134 e. The molecule has 0 unspecified atom stereocenters.